The molecular formula is C18H36N4O2. The van der Waals surface area contributed by atoms with Crippen LogP contribution >= 0.6 is 0 Å². The lowest BCUT2D eigenvalue weighted by atomic mass is 10.0. The second kappa shape index (κ2) is 9.37. The summed E-state index contributed by atoms with van der Waals surface area (Å²) in [7, 11) is 0. The van der Waals surface area contributed by atoms with Gasteiger partial charge in [0.15, 0.2) is 0 Å². The molecule has 0 aromatic heterocycles. The van der Waals surface area contributed by atoms with Gasteiger partial charge < -0.3 is 20.0 Å². The maximum absolute atomic E-state index is 12.4. The average Bonchev–Trinajstić information content (AvgIpc) is 2.60. The molecule has 0 aliphatic carbocycles. The topological polar surface area (TPSA) is 55.9 Å². The van der Waals surface area contributed by atoms with Crippen molar-refractivity contribution >= 4 is 11.8 Å². The van der Waals surface area contributed by atoms with Gasteiger partial charge in [-0.05, 0) is 19.4 Å². The summed E-state index contributed by atoms with van der Waals surface area (Å²) in [5, 5.41) is 3.08. The van der Waals surface area contributed by atoms with Crippen molar-refractivity contribution in [3.05, 3.63) is 0 Å². The van der Waals surface area contributed by atoms with Gasteiger partial charge in [0.2, 0.25) is 11.8 Å². The molecule has 2 aliphatic rings. The minimum Gasteiger partial charge on any atom is -0.353 e. The number of hydrogen-bond acceptors (Lipinski definition) is 4. The van der Waals surface area contributed by atoms with Gasteiger partial charge in [0.25, 0.3) is 0 Å². The van der Waals surface area contributed by atoms with E-state index in [4.69, 9.17) is 0 Å². The summed E-state index contributed by atoms with van der Waals surface area (Å²) in [5.41, 5.74) is 0. The van der Waals surface area contributed by atoms with Gasteiger partial charge in [-0.25, -0.2) is 0 Å². The van der Waals surface area contributed by atoms with Gasteiger partial charge in [-0.1, -0.05) is 20.8 Å². The highest BCUT2D eigenvalue weighted by molar-refractivity contribution is 5.78. The standard InChI is InChI=1S/C18H34N4O2.H2/c1-4-20-11-13-21(14-12-20)8-7-17(23)22-9-5-16(6-10-22)19-18(24)15(2)3;/h15-16H,4-14H2,1-3H3,(H,19,24);1H. The van der Waals surface area contributed by atoms with Crippen LogP contribution < -0.4 is 5.32 Å². The molecule has 0 unspecified atom stereocenters. The second-order valence-corrected chi connectivity index (χ2v) is 7.34. The van der Waals surface area contributed by atoms with E-state index in [2.05, 4.69) is 22.0 Å². The molecule has 0 aromatic carbocycles. The van der Waals surface area contributed by atoms with E-state index in [1.807, 2.05) is 18.7 Å². The lowest BCUT2D eigenvalue weighted by Gasteiger charge is -2.35. The third-order valence-corrected chi connectivity index (χ3v) is 5.27. The molecule has 24 heavy (non-hydrogen) atoms. The van der Waals surface area contributed by atoms with Crippen molar-refractivity contribution in [3.63, 3.8) is 0 Å². The van der Waals surface area contributed by atoms with E-state index in [1.165, 1.54) is 0 Å². The highest BCUT2D eigenvalue weighted by Gasteiger charge is 2.25. The van der Waals surface area contributed by atoms with Gasteiger partial charge in [0.1, 0.15) is 0 Å². The van der Waals surface area contributed by atoms with Gasteiger partial charge >= 0.3 is 0 Å². The number of carbonyl (C=O) groups is 2. The number of piperazine rings is 1. The molecule has 6 nitrogen and oxygen atoms in total. The summed E-state index contributed by atoms with van der Waals surface area (Å²) in [6.45, 7) is 13.9. The maximum atomic E-state index is 12.4. The average molecular weight is 341 g/mol. The lowest BCUT2D eigenvalue weighted by Crippen LogP contribution is -2.49. The number of carbonyl (C=O) groups excluding carboxylic acids is 2. The van der Waals surface area contributed by atoms with E-state index in [-0.39, 0.29) is 25.2 Å². The van der Waals surface area contributed by atoms with Crippen LogP contribution in [0.4, 0.5) is 0 Å². The molecule has 6 heteroatoms. The van der Waals surface area contributed by atoms with Gasteiger partial charge in [-0.3, -0.25) is 9.59 Å². The summed E-state index contributed by atoms with van der Waals surface area (Å²) in [5.74, 6) is 0.408. The Morgan fingerprint density at radius 3 is 2.17 bits per heavy atom. The number of nitrogens with one attached hydrogen (secondary N) is 1. The molecule has 0 radical (unpaired) electrons. The fourth-order valence-corrected chi connectivity index (χ4v) is 3.38. The van der Waals surface area contributed by atoms with Crippen molar-refractivity contribution in [1.82, 2.24) is 20.0 Å². The number of nitrogens with zero attached hydrogens (tertiary/aromatic N) is 3. The predicted molar refractivity (Wildman–Crippen MR) is 97.9 cm³/mol. The Morgan fingerprint density at radius 1 is 1.04 bits per heavy atom. The predicted octanol–water partition coefficient (Wildman–Crippen LogP) is 1.02. The number of amides is 2. The zero-order chi connectivity index (χ0) is 17.5. The largest absolute Gasteiger partial charge is 0.353 e. The van der Waals surface area contributed by atoms with Crippen molar-refractivity contribution in [1.29, 1.82) is 0 Å². The minimum atomic E-state index is 0. The first kappa shape index (κ1) is 19.2. The first-order valence-electron chi connectivity index (χ1n) is 9.52. The number of likely N-dealkylation sites (tertiary alicyclic amines) is 1. The Balaban J connectivity index is 0.00000312. The monoisotopic (exact) mass is 340 g/mol. The maximum Gasteiger partial charge on any atom is 0.223 e. The Kier molecular flexibility index (Phi) is 7.49. The van der Waals surface area contributed by atoms with Crippen LogP contribution in [0.1, 0.15) is 41.5 Å². The van der Waals surface area contributed by atoms with E-state index in [0.717, 1.165) is 65.2 Å². The van der Waals surface area contributed by atoms with E-state index in [0.29, 0.717) is 6.42 Å². The Bertz CT molecular complexity index is 417. The molecule has 2 aliphatic heterocycles. The zero-order valence-electron chi connectivity index (χ0n) is 15.6. The smallest absolute Gasteiger partial charge is 0.223 e. The van der Waals surface area contributed by atoms with Gasteiger partial charge in [0.05, 0.1) is 0 Å². The SMILES string of the molecule is CCN1CCN(CCC(=O)N2CCC(NC(=O)C(C)C)CC2)CC1.[HH]. The molecule has 0 spiro atoms. The van der Waals surface area contributed by atoms with Crippen LogP contribution in [-0.4, -0.2) is 84.9 Å². The molecule has 2 fully saturated rings. The summed E-state index contributed by atoms with van der Waals surface area (Å²) in [6, 6.07) is 0.228. The Labute approximate surface area is 148 Å². The third kappa shape index (κ3) is 5.74. The van der Waals surface area contributed by atoms with Crippen LogP contribution in [0.3, 0.4) is 0 Å². The van der Waals surface area contributed by atoms with Crippen LogP contribution in [0.5, 0.6) is 0 Å². The van der Waals surface area contributed by atoms with E-state index in [1.54, 1.807) is 0 Å². The normalized spacial score (nSPS) is 21.2. The Morgan fingerprint density at radius 2 is 1.62 bits per heavy atom. The quantitative estimate of drug-likeness (QED) is 0.784. The molecule has 0 bridgehead atoms. The molecule has 2 rings (SSSR count). The summed E-state index contributed by atoms with van der Waals surface area (Å²) in [4.78, 5) is 31.0. The number of likely N-dealkylation sites (N-methyl/N-ethyl adjacent to an activating group) is 1. The second-order valence-electron chi connectivity index (χ2n) is 7.34. The van der Waals surface area contributed by atoms with Crippen molar-refractivity contribution in [3.8, 4) is 0 Å². The fraction of sp³-hybridized carbons (Fsp3) is 0.889. The van der Waals surface area contributed by atoms with Gasteiger partial charge in [-0.15, -0.1) is 0 Å². The lowest BCUT2D eigenvalue weighted by molar-refractivity contribution is -0.133. The molecule has 1 N–H and O–H groups in total. The summed E-state index contributed by atoms with van der Waals surface area (Å²) < 4.78 is 0. The number of hydrogen-bond donors (Lipinski definition) is 1. The van der Waals surface area contributed by atoms with Crippen LogP contribution in [0, 0.1) is 5.92 Å². The number of piperidine rings is 1. The highest BCUT2D eigenvalue weighted by Crippen LogP contribution is 2.13. The Hall–Kier alpha value is -1.14. The molecule has 140 valence electrons. The minimum absolute atomic E-state index is 0. The van der Waals surface area contributed by atoms with Crippen molar-refractivity contribution in [2.45, 2.75) is 46.1 Å². The molecule has 0 atom stereocenters. The van der Waals surface area contributed by atoms with Crippen LogP contribution in [-0.2, 0) is 9.59 Å². The van der Waals surface area contributed by atoms with Crippen LogP contribution in [0.15, 0.2) is 0 Å². The van der Waals surface area contributed by atoms with E-state index >= 15 is 0 Å². The van der Waals surface area contributed by atoms with Crippen molar-refractivity contribution < 1.29 is 11.0 Å². The van der Waals surface area contributed by atoms with Crippen molar-refractivity contribution in [2.24, 2.45) is 5.92 Å². The first-order chi connectivity index (χ1) is 11.5. The molecule has 2 heterocycles. The molecule has 2 saturated heterocycles. The van der Waals surface area contributed by atoms with Crippen LogP contribution in [0.2, 0.25) is 0 Å². The molecule has 2 amide bonds. The highest BCUT2D eigenvalue weighted by atomic mass is 16.2. The molecule has 0 saturated carbocycles. The van der Waals surface area contributed by atoms with Gasteiger partial charge in [0, 0.05) is 65.6 Å². The third-order valence-electron chi connectivity index (χ3n) is 5.27. The number of rotatable bonds is 6. The van der Waals surface area contributed by atoms with Gasteiger partial charge in [-0.2, -0.15) is 0 Å². The van der Waals surface area contributed by atoms with E-state index in [9.17, 15) is 9.59 Å². The molecule has 0 aromatic rings. The van der Waals surface area contributed by atoms with Crippen LogP contribution in [0.25, 0.3) is 0 Å². The zero-order valence-corrected chi connectivity index (χ0v) is 15.6. The first-order valence-corrected chi connectivity index (χ1v) is 9.52. The molecular weight excluding hydrogens is 304 g/mol. The summed E-state index contributed by atoms with van der Waals surface area (Å²) in [6.07, 6.45) is 2.37. The van der Waals surface area contributed by atoms with E-state index < -0.39 is 0 Å². The fourth-order valence-electron chi connectivity index (χ4n) is 3.38. The summed E-state index contributed by atoms with van der Waals surface area (Å²) >= 11 is 0. The van der Waals surface area contributed by atoms with Crippen molar-refractivity contribution in [2.75, 3.05) is 52.4 Å².